The van der Waals surface area contributed by atoms with Gasteiger partial charge in [0, 0.05) is 11.1 Å². The zero-order valence-electron chi connectivity index (χ0n) is 13.8. The Bertz CT molecular complexity index is 298. The van der Waals surface area contributed by atoms with E-state index in [1.54, 1.807) is 0 Å². The van der Waals surface area contributed by atoms with E-state index in [1.807, 2.05) is 7.11 Å². The van der Waals surface area contributed by atoms with Gasteiger partial charge in [0.05, 0.1) is 13.2 Å². The molecule has 21 heavy (non-hydrogen) atoms. The smallest absolute Gasteiger partial charge is 0.0577 e. The van der Waals surface area contributed by atoms with E-state index < -0.39 is 0 Å². The summed E-state index contributed by atoms with van der Waals surface area (Å²) in [7, 11) is 1.87. The van der Waals surface area contributed by atoms with Crippen LogP contribution < -0.4 is 0 Å². The van der Waals surface area contributed by atoms with Crippen LogP contribution in [0.3, 0.4) is 0 Å². The summed E-state index contributed by atoms with van der Waals surface area (Å²) in [5.41, 5.74) is 0.209. The molecule has 0 radical (unpaired) electrons. The molecule has 0 aromatic heterocycles. The third-order valence-corrected chi connectivity index (χ3v) is 6.34. The van der Waals surface area contributed by atoms with Gasteiger partial charge in [0.1, 0.15) is 0 Å². The minimum Gasteiger partial charge on any atom is -0.393 e. The SMILES string of the molecule is CON1C2(CCCCCC2)CC(O)CC12CCCCCC2. The fourth-order valence-electron chi connectivity index (χ4n) is 5.59. The van der Waals surface area contributed by atoms with E-state index in [1.165, 1.54) is 77.0 Å². The second-order valence-electron chi connectivity index (χ2n) is 7.82. The highest BCUT2D eigenvalue weighted by molar-refractivity contribution is 5.06. The third kappa shape index (κ3) is 3.02. The molecule has 122 valence electrons. The van der Waals surface area contributed by atoms with Gasteiger partial charge < -0.3 is 9.94 Å². The quantitative estimate of drug-likeness (QED) is 0.787. The molecule has 2 aliphatic carbocycles. The van der Waals surface area contributed by atoms with E-state index in [0.717, 1.165) is 12.8 Å². The first kappa shape index (κ1) is 15.8. The molecule has 0 atom stereocenters. The second-order valence-corrected chi connectivity index (χ2v) is 7.82. The maximum absolute atomic E-state index is 10.7. The monoisotopic (exact) mass is 295 g/mol. The molecule has 1 saturated heterocycles. The van der Waals surface area contributed by atoms with Gasteiger partial charge in [0.25, 0.3) is 0 Å². The molecule has 1 aliphatic heterocycles. The molecule has 3 nitrogen and oxygen atoms in total. The maximum atomic E-state index is 10.7. The Morgan fingerprint density at radius 3 is 1.48 bits per heavy atom. The van der Waals surface area contributed by atoms with Crippen LogP contribution >= 0.6 is 0 Å². The van der Waals surface area contributed by atoms with Gasteiger partial charge in [0.15, 0.2) is 0 Å². The number of rotatable bonds is 1. The molecule has 0 unspecified atom stereocenters. The normalized spacial score (nSPS) is 33.7. The number of piperidine rings is 1. The Morgan fingerprint density at radius 2 is 1.14 bits per heavy atom. The van der Waals surface area contributed by atoms with Crippen molar-refractivity contribution in [1.82, 2.24) is 5.06 Å². The van der Waals surface area contributed by atoms with Gasteiger partial charge in [-0.15, -0.1) is 0 Å². The Balaban J connectivity index is 1.91. The van der Waals surface area contributed by atoms with E-state index in [9.17, 15) is 5.11 Å². The molecule has 2 saturated carbocycles. The highest BCUT2D eigenvalue weighted by atomic mass is 16.7. The number of aliphatic hydroxyl groups is 1. The van der Waals surface area contributed by atoms with Crippen molar-refractivity contribution in [2.45, 2.75) is 107 Å². The third-order valence-electron chi connectivity index (χ3n) is 6.34. The lowest BCUT2D eigenvalue weighted by atomic mass is 9.70. The van der Waals surface area contributed by atoms with Crippen molar-refractivity contribution in [3.63, 3.8) is 0 Å². The molecule has 1 N–H and O–H groups in total. The molecular weight excluding hydrogens is 262 g/mol. The van der Waals surface area contributed by atoms with Crippen molar-refractivity contribution in [3.8, 4) is 0 Å². The average molecular weight is 295 g/mol. The van der Waals surface area contributed by atoms with Gasteiger partial charge >= 0.3 is 0 Å². The fourth-order valence-corrected chi connectivity index (χ4v) is 5.59. The first-order valence-corrected chi connectivity index (χ1v) is 9.23. The van der Waals surface area contributed by atoms with Crippen molar-refractivity contribution in [1.29, 1.82) is 0 Å². The van der Waals surface area contributed by atoms with Crippen molar-refractivity contribution in [3.05, 3.63) is 0 Å². The lowest BCUT2D eigenvalue weighted by molar-refractivity contribution is -0.301. The van der Waals surface area contributed by atoms with Crippen molar-refractivity contribution in [2.24, 2.45) is 0 Å². The van der Waals surface area contributed by atoms with Gasteiger partial charge in [0.2, 0.25) is 0 Å². The van der Waals surface area contributed by atoms with Crippen molar-refractivity contribution < 1.29 is 9.94 Å². The molecule has 3 aliphatic rings. The Labute approximate surface area is 130 Å². The molecular formula is C18H33NO2. The highest BCUT2D eigenvalue weighted by Crippen LogP contribution is 2.50. The first-order chi connectivity index (χ1) is 10.2. The topological polar surface area (TPSA) is 32.7 Å². The number of hydrogen-bond acceptors (Lipinski definition) is 3. The second kappa shape index (κ2) is 6.55. The summed E-state index contributed by atoms with van der Waals surface area (Å²) >= 11 is 0. The van der Waals surface area contributed by atoms with Gasteiger partial charge in [-0.2, -0.15) is 5.06 Å². The van der Waals surface area contributed by atoms with E-state index in [0.29, 0.717) is 0 Å². The van der Waals surface area contributed by atoms with Gasteiger partial charge in [-0.1, -0.05) is 51.4 Å². The molecule has 0 bridgehead atoms. The van der Waals surface area contributed by atoms with Crippen LogP contribution in [0.5, 0.6) is 0 Å². The zero-order valence-corrected chi connectivity index (χ0v) is 13.8. The molecule has 0 aromatic rings. The summed E-state index contributed by atoms with van der Waals surface area (Å²) in [6, 6.07) is 0. The standard InChI is InChI=1S/C18H33NO2/c1-21-19-17(10-6-2-3-7-11-17)14-16(20)15-18(19)12-8-4-5-9-13-18/h16,20H,2-15H2,1H3. The van der Waals surface area contributed by atoms with Crippen LogP contribution in [0.2, 0.25) is 0 Å². The predicted octanol–water partition coefficient (Wildman–Crippen LogP) is 4.19. The summed E-state index contributed by atoms with van der Waals surface area (Å²) in [6.07, 6.45) is 17.1. The molecule has 3 heteroatoms. The average Bonchev–Trinajstić information content (AvgIpc) is 2.81. The van der Waals surface area contributed by atoms with Crippen LogP contribution in [-0.2, 0) is 4.84 Å². The first-order valence-electron chi connectivity index (χ1n) is 9.23. The van der Waals surface area contributed by atoms with Crippen molar-refractivity contribution in [2.75, 3.05) is 7.11 Å². The van der Waals surface area contributed by atoms with Gasteiger partial charge in [-0.3, -0.25) is 0 Å². The van der Waals surface area contributed by atoms with Crippen LogP contribution in [0.15, 0.2) is 0 Å². The fraction of sp³-hybridized carbons (Fsp3) is 1.00. The van der Waals surface area contributed by atoms with Crippen LogP contribution in [0.25, 0.3) is 0 Å². The summed E-state index contributed by atoms with van der Waals surface area (Å²) in [5.74, 6) is 0. The number of aliphatic hydroxyl groups excluding tert-OH is 1. The van der Waals surface area contributed by atoms with Gasteiger partial charge in [-0.05, 0) is 38.5 Å². The zero-order chi connectivity index (χ0) is 14.8. The van der Waals surface area contributed by atoms with E-state index in [4.69, 9.17) is 4.84 Å². The highest BCUT2D eigenvalue weighted by Gasteiger charge is 2.54. The number of hydrogen-bond donors (Lipinski definition) is 1. The van der Waals surface area contributed by atoms with E-state index >= 15 is 0 Å². The maximum Gasteiger partial charge on any atom is 0.0577 e. The van der Waals surface area contributed by atoms with Crippen molar-refractivity contribution >= 4 is 0 Å². The molecule has 1 heterocycles. The van der Waals surface area contributed by atoms with Crippen LogP contribution in [0, 0.1) is 0 Å². The van der Waals surface area contributed by atoms with Gasteiger partial charge in [-0.25, -0.2) is 0 Å². The molecule has 3 rings (SSSR count). The Morgan fingerprint density at radius 1 is 0.762 bits per heavy atom. The number of hydroxylamine groups is 2. The Hall–Kier alpha value is -0.120. The summed E-state index contributed by atoms with van der Waals surface area (Å²) < 4.78 is 0. The van der Waals surface area contributed by atoms with Crippen LogP contribution in [0.1, 0.15) is 89.9 Å². The van der Waals surface area contributed by atoms with E-state index in [-0.39, 0.29) is 17.2 Å². The van der Waals surface area contributed by atoms with Crippen LogP contribution in [0.4, 0.5) is 0 Å². The minimum atomic E-state index is -0.132. The minimum absolute atomic E-state index is 0.104. The number of nitrogens with zero attached hydrogens (tertiary/aromatic N) is 1. The lowest BCUT2D eigenvalue weighted by Gasteiger charge is -2.58. The summed E-state index contributed by atoms with van der Waals surface area (Å²) in [4.78, 5) is 6.06. The van der Waals surface area contributed by atoms with Crippen LogP contribution in [-0.4, -0.2) is 34.5 Å². The molecule has 0 amide bonds. The summed E-state index contributed by atoms with van der Waals surface area (Å²) in [5, 5.41) is 13.1. The predicted molar refractivity (Wildman–Crippen MR) is 85.0 cm³/mol. The lowest BCUT2D eigenvalue weighted by Crippen LogP contribution is -2.65. The summed E-state index contributed by atoms with van der Waals surface area (Å²) in [6.45, 7) is 0. The molecule has 3 fully saturated rings. The molecule has 0 aromatic carbocycles. The van der Waals surface area contributed by atoms with E-state index in [2.05, 4.69) is 5.06 Å². The Kier molecular flexibility index (Phi) is 4.92. The largest absolute Gasteiger partial charge is 0.393 e. The molecule has 2 spiro atoms.